The Kier molecular flexibility index (Phi) is 3.14. The van der Waals surface area contributed by atoms with Crippen molar-refractivity contribution in [1.82, 2.24) is 14.4 Å². The molecule has 0 aliphatic carbocycles. The molecule has 0 aliphatic rings. The van der Waals surface area contributed by atoms with Crippen molar-refractivity contribution in [3.63, 3.8) is 0 Å². The third kappa shape index (κ3) is 2.37. The molecule has 2 aromatic heterocycles. The minimum absolute atomic E-state index is 0.187. The Hall–Kier alpha value is -2.36. The number of imidazole rings is 1. The van der Waals surface area contributed by atoms with E-state index in [1.165, 1.54) is 0 Å². The van der Waals surface area contributed by atoms with Crippen LogP contribution in [-0.2, 0) is 0 Å². The van der Waals surface area contributed by atoms with Gasteiger partial charge in [-0.3, -0.25) is 4.40 Å². The van der Waals surface area contributed by atoms with Crippen LogP contribution in [0, 0.1) is 6.92 Å². The predicted octanol–water partition coefficient (Wildman–Crippen LogP) is 3.49. The first-order valence-electron chi connectivity index (χ1n) is 6.71. The van der Waals surface area contributed by atoms with Crippen molar-refractivity contribution in [2.75, 3.05) is 0 Å². The van der Waals surface area contributed by atoms with E-state index in [0.29, 0.717) is 0 Å². The van der Waals surface area contributed by atoms with E-state index in [0.717, 1.165) is 28.3 Å². The van der Waals surface area contributed by atoms with Crippen LogP contribution in [0.25, 0.3) is 16.9 Å². The van der Waals surface area contributed by atoms with Crippen LogP contribution >= 0.6 is 0 Å². The van der Waals surface area contributed by atoms with Gasteiger partial charge in [-0.2, -0.15) is 0 Å². The van der Waals surface area contributed by atoms with Crippen LogP contribution in [0.1, 0.15) is 19.5 Å². The number of fused-ring (bicyclic) bond motifs is 1. The zero-order valence-electron chi connectivity index (χ0n) is 11.9. The normalized spacial score (nSPS) is 11.2. The van der Waals surface area contributed by atoms with E-state index < -0.39 is 0 Å². The Balaban J connectivity index is 1.99. The summed E-state index contributed by atoms with van der Waals surface area (Å²) < 4.78 is 7.59. The summed E-state index contributed by atoms with van der Waals surface area (Å²) in [4.78, 5) is 8.70. The van der Waals surface area contributed by atoms with Gasteiger partial charge in [-0.1, -0.05) is 12.1 Å². The third-order valence-corrected chi connectivity index (χ3v) is 3.11. The van der Waals surface area contributed by atoms with E-state index in [2.05, 4.69) is 28.3 Å². The zero-order chi connectivity index (χ0) is 14.1. The molecule has 2 heterocycles. The van der Waals surface area contributed by atoms with Gasteiger partial charge < -0.3 is 4.74 Å². The van der Waals surface area contributed by atoms with E-state index in [1.54, 1.807) is 6.20 Å². The molecule has 0 aliphatic heterocycles. The zero-order valence-corrected chi connectivity index (χ0v) is 11.9. The summed E-state index contributed by atoms with van der Waals surface area (Å²) >= 11 is 0. The maximum Gasteiger partial charge on any atom is 0.233 e. The van der Waals surface area contributed by atoms with Crippen LogP contribution in [0.5, 0.6) is 5.75 Å². The molecule has 0 atom stereocenters. The minimum Gasteiger partial charge on any atom is -0.491 e. The quantitative estimate of drug-likeness (QED) is 0.729. The lowest BCUT2D eigenvalue weighted by molar-refractivity contribution is 0.242. The fourth-order valence-electron chi connectivity index (χ4n) is 2.20. The van der Waals surface area contributed by atoms with Crippen molar-refractivity contribution in [3.8, 4) is 16.9 Å². The lowest BCUT2D eigenvalue weighted by atomic mass is 10.1. The summed E-state index contributed by atoms with van der Waals surface area (Å²) in [7, 11) is 0. The van der Waals surface area contributed by atoms with Gasteiger partial charge in [0, 0.05) is 24.2 Å². The lowest BCUT2D eigenvalue weighted by Gasteiger charge is -2.11. The smallest absolute Gasteiger partial charge is 0.233 e. The van der Waals surface area contributed by atoms with Crippen molar-refractivity contribution in [1.29, 1.82) is 0 Å². The summed E-state index contributed by atoms with van der Waals surface area (Å²) in [6.45, 7) is 6.05. The van der Waals surface area contributed by atoms with Gasteiger partial charge >= 0.3 is 0 Å². The number of hydrogen-bond acceptors (Lipinski definition) is 3. The summed E-state index contributed by atoms with van der Waals surface area (Å²) in [5, 5.41) is 0. The highest BCUT2D eigenvalue weighted by Gasteiger charge is 2.07. The predicted molar refractivity (Wildman–Crippen MR) is 78.9 cm³/mol. The molecule has 4 heteroatoms. The van der Waals surface area contributed by atoms with Crippen LogP contribution in [-0.4, -0.2) is 20.5 Å². The molecule has 0 radical (unpaired) electrons. The molecule has 0 spiro atoms. The Morgan fingerprint density at radius 1 is 1.15 bits per heavy atom. The molecule has 0 N–H and O–H groups in total. The molecule has 0 unspecified atom stereocenters. The highest BCUT2D eigenvalue weighted by Crippen LogP contribution is 2.25. The molecule has 1 aromatic carbocycles. The lowest BCUT2D eigenvalue weighted by Crippen LogP contribution is -2.05. The van der Waals surface area contributed by atoms with Gasteiger partial charge in [-0.15, -0.1) is 0 Å². The first-order chi connectivity index (χ1) is 9.63. The molecular formula is C16H17N3O. The molecule has 0 amide bonds. The van der Waals surface area contributed by atoms with E-state index in [-0.39, 0.29) is 6.10 Å². The van der Waals surface area contributed by atoms with Gasteiger partial charge in [-0.25, -0.2) is 9.97 Å². The number of hydrogen-bond donors (Lipinski definition) is 0. The fourth-order valence-corrected chi connectivity index (χ4v) is 2.20. The molecular weight excluding hydrogens is 250 g/mol. The monoisotopic (exact) mass is 267 g/mol. The number of aromatic nitrogens is 3. The maximum absolute atomic E-state index is 5.66. The van der Waals surface area contributed by atoms with Crippen LogP contribution in [0.3, 0.4) is 0 Å². The number of ether oxygens (including phenoxy) is 1. The van der Waals surface area contributed by atoms with E-state index >= 15 is 0 Å². The van der Waals surface area contributed by atoms with Gasteiger partial charge in [0.25, 0.3) is 0 Å². The molecule has 0 saturated carbocycles. The number of rotatable bonds is 3. The summed E-state index contributed by atoms with van der Waals surface area (Å²) in [6.07, 6.45) is 5.90. The first kappa shape index (κ1) is 12.7. The second-order valence-corrected chi connectivity index (χ2v) is 5.07. The number of benzene rings is 1. The molecule has 4 nitrogen and oxygen atoms in total. The van der Waals surface area contributed by atoms with Gasteiger partial charge in [0.2, 0.25) is 5.78 Å². The molecule has 3 rings (SSSR count). The highest BCUT2D eigenvalue weighted by atomic mass is 16.5. The summed E-state index contributed by atoms with van der Waals surface area (Å²) in [6, 6.07) is 8.11. The van der Waals surface area contributed by atoms with Gasteiger partial charge in [-0.05, 0) is 38.5 Å². The van der Waals surface area contributed by atoms with Gasteiger partial charge in [0.1, 0.15) is 5.75 Å². The highest BCUT2D eigenvalue weighted by molar-refractivity contribution is 5.66. The molecule has 102 valence electrons. The Labute approximate surface area is 118 Å². The largest absolute Gasteiger partial charge is 0.491 e. The molecule has 3 aromatic rings. The van der Waals surface area contributed by atoms with Crippen molar-refractivity contribution in [2.24, 2.45) is 0 Å². The summed E-state index contributed by atoms with van der Waals surface area (Å²) in [5.74, 6) is 1.61. The second-order valence-electron chi connectivity index (χ2n) is 5.07. The molecule has 20 heavy (non-hydrogen) atoms. The number of aryl methyl sites for hydroxylation is 1. The van der Waals surface area contributed by atoms with E-state index in [4.69, 9.17) is 4.74 Å². The minimum atomic E-state index is 0.187. The van der Waals surface area contributed by atoms with E-state index in [9.17, 15) is 0 Å². The van der Waals surface area contributed by atoms with Crippen molar-refractivity contribution < 1.29 is 4.74 Å². The fraction of sp³-hybridized carbons (Fsp3) is 0.250. The van der Waals surface area contributed by atoms with Crippen molar-refractivity contribution in [3.05, 3.63) is 48.5 Å². The first-order valence-corrected chi connectivity index (χ1v) is 6.71. The van der Waals surface area contributed by atoms with Crippen LogP contribution < -0.4 is 4.74 Å². The average Bonchev–Trinajstić information content (AvgIpc) is 2.85. The van der Waals surface area contributed by atoms with Gasteiger partial charge in [0.05, 0.1) is 11.8 Å². The van der Waals surface area contributed by atoms with Crippen LogP contribution in [0.2, 0.25) is 0 Å². The maximum atomic E-state index is 5.66. The molecule has 0 bridgehead atoms. The Morgan fingerprint density at radius 2 is 1.90 bits per heavy atom. The van der Waals surface area contributed by atoms with Crippen molar-refractivity contribution >= 4 is 5.78 Å². The third-order valence-electron chi connectivity index (χ3n) is 3.11. The Bertz CT molecular complexity index is 729. The molecule has 0 fully saturated rings. The standard InChI is InChI=1S/C16H17N3O/c1-11(2)20-14-6-4-13(5-7-14)15-10-19-9-8-17-16(19)18-12(15)3/h4-11H,1-3H3. The summed E-state index contributed by atoms with van der Waals surface area (Å²) in [5.41, 5.74) is 3.20. The average molecular weight is 267 g/mol. The van der Waals surface area contributed by atoms with E-state index in [1.807, 2.05) is 43.5 Å². The van der Waals surface area contributed by atoms with Crippen molar-refractivity contribution in [2.45, 2.75) is 26.9 Å². The van der Waals surface area contributed by atoms with Crippen LogP contribution in [0.15, 0.2) is 42.9 Å². The Morgan fingerprint density at radius 3 is 2.60 bits per heavy atom. The SMILES string of the molecule is Cc1nc2nccn2cc1-c1ccc(OC(C)C)cc1. The van der Waals surface area contributed by atoms with Crippen LogP contribution in [0.4, 0.5) is 0 Å². The van der Waals surface area contributed by atoms with Gasteiger partial charge in [0.15, 0.2) is 0 Å². The second kappa shape index (κ2) is 4.96. The molecule has 0 saturated heterocycles. The number of nitrogens with zero attached hydrogens (tertiary/aromatic N) is 3. The topological polar surface area (TPSA) is 39.4 Å².